The third-order valence-electron chi connectivity index (χ3n) is 6.54. The number of phenolic OH excluding ortho intramolecular Hbond substituents is 1. The smallest absolute Gasteiger partial charge is 0.270 e. The number of nitrogens with two attached hydrogens (primary N) is 1. The Hall–Kier alpha value is -4.48. The van der Waals surface area contributed by atoms with Crippen molar-refractivity contribution in [2.45, 2.75) is 6.42 Å². The summed E-state index contributed by atoms with van der Waals surface area (Å²) in [6.07, 6.45) is 0.0732. The van der Waals surface area contributed by atoms with Crippen molar-refractivity contribution in [1.82, 2.24) is 20.2 Å². The number of carbonyl (C=O) groups excluding carboxylic acids is 1. The van der Waals surface area contributed by atoms with Gasteiger partial charge >= 0.3 is 0 Å². The summed E-state index contributed by atoms with van der Waals surface area (Å²) < 4.78 is 5.36. The molecule has 0 bridgehead atoms. The van der Waals surface area contributed by atoms with Crippen LogP contribution in [-0.2, 0) is 16.0 Å². The van der Waals surface area contributed by atoms with Crippen molar-refractivity contribution in [2.75, 3.05) is 45.1 Å². The van der Waals surface area contributed by atoms with Crippen molar-refractivity contribution >= 4 is 28.4 Å². The standard InChI is InChI=1S/C27H28N6O5/c28-25-5-4-22-24(31-25)16-23(30-22)21-13-17(14-26(34)29-6-7-32-8-10-38-11-9-32)12-20(27(21)35)18-2-1-3-19(15-18)33(36)37/h1-5,12-13,15-16,30,35H,6-11,14H2,(H2,28,31)(H,29,34). The van der Waals surface area contributed by atoms with Gasteiger partial charge in [0, 0.05) is 49.4 Å². The maximum absolute atomic E-state index is 12.8. The van der Waals surface area contributed by atoms with E-state index in [1.165, 1.54) is 12.1 Å². The third-order valence-corrected chi connectivity index (χ3v) is 6.54. The number of non-ortho nitro benzene ring substituents is 1. The van der Waals surface area contributed by atoms with Gasteiger partial charge in [0.15, 0.2) is 0 Å². The van der Waals surface area contributed by atoms with Gasteiger partial charge in [-0.25, -0.2) is 4.98 Å². The predicted molar refractivity (Wildman–Crippen MR) is 144 cm³/mol. The van der Waals surface area contributed by atoms with Crippen LogP contribution in [0.5, 0.6) is 5.75 Å². The average Bonchev–Trinajstić information content (AvgIpc) is 3.33. The van der Waals surface area contributed by atoms with Crippen LogP contribution in [0.3, 0.4) is 0 Å². The van der Waals surface area contributed by atoms with Crippen LogP contribution in [0.1, 0.15) is 5.56 Å². The van der Waals surface area contributed by atoms with Crippen LogP contribution in [0.15, 0.2) is 54.6 Å². The van der Waals surface area contributed by atoms with Gasteiger partial charge in [0.25, 0.3) is 5.69 Å². The number of hydrogen-bond donors (Lipinski definition) is 4. The molecule has 11 nitrogen and oxygen atoms in total. The molecule has 5 rings (SSSR count). The van der Waals surface area contributed by atoms with Crippen molar-refractivity contribution in [3.63, 3.8) is 0 Å². The first kappa shape index (κ1) is 25.2. The zero-order chi connectivity index (χ0) is 26.6. The van der Waals surface area contributed by atoms with Gasteiger partial charge in [-0.15, -0.1) is 0 Å². The number of ether oxygens (including phenoxy) is 1. The van der Waals surface area contributed by atoms with Crippen LogP contribution in [0, 0.1) is 10.1 Å². The molecule has 3 heterocycles. The maximum atomic E-state index is 12.8. The van der Waals surface area contributed by atoms with Gasteiger partial charge < -0.3 is 25.9 Å². The first-order valence-electron chi connectivity index (χ1n) is 12.3. The molecule has 2 aromatic heterocycles. The number of amides is 1. The molecule has 1 saturated heterocycles. The van der Waals surface area contributed by atoms with E-state index in [2.05, 4.69) is 20.2 Å². The molecule has 5 N–H and O–H groups in total. The lowest BCUT2D eigenvalue weighted by molar-refractivity contribution is -0.384. The van der Waals surface area contributed by atoms with Crippen molar-refractivity contribution in [3.05, 3.63) is 70.3 Å². The molecule has 0 radical (unpaired) electrons. The molecule has 38 heavy (non-hydrogen) atoms. The summed E-state index contributed by atoms with van der Waals surface area (Å²) in [6.45, 7) is 4.32. The summed E-state index contributed by atoms with van der Waals surface area (Å²) in [5.41, 5.74) is 9.61. The first-order valence-corrected chi connectivity index (χ1v) is 12.3. The number of aromatic amines is 1. The number of morpholine rings is 1. The van der Waals surface area contributed by atoms with E-state index < -0.39 is 4.92 Å². The Morgan fingerprint density at radius 1 is 1.16 bits per heavy atom. The lowest BCUT2D eigenvalue weighted by Gasteiger charge is -2.26. The number of phenols is 1. The van der Waals surface area contributed by atoms with Crippen molar-refractivity contribution in [1.29, 1.82) is 0 Å². The van der Waals surface area contributed by atoms with Gasteiger partial charge in [0.05, 0.1) is 41.3 Å². The topological polar surface area (TPSA) is 160 Å². The largest absolute Gasteiger partial charge is 0.507 e. The quantitative estimate of drug-likeness (QED) is 0.205. The minimum atomic E-state index is -0.485. The monoisotopic (exact) mass is 516 g/mol. The van der Waals surface area contributed by atoms with Gasteiger partial charge in [0.2, 0.25) is 5.91 Å². The van der Waals surface area contributed by atoms with Crippen molar-refractivity contribution in [2.24, 2.45) is 0 Å². The van der Waals surface area contributed by atoms with Crippen LogP contribution in [-0.4, -0.2) is 70.2 Å². The highest BCUT2D eigenvalue weighted by Crippen LogP contribution is 2.40. The number of nitrogens with one attached hydrogen (secondary N) is 2. The van der Waals surface area contributed by atoms with E-state index in [1.807, 2.05) is 0 Å². The number of carbonyl (C=O) groups is 1. The number of aromatic nitrogens is 2. The van der Waals surface area contributed by atoms with E-state index in [0.29, 0.717) is 59.0 Å². The Morgan fingerprint density at radius 2 is 1.95 bits per heavy atom. The number of rotatable bonds is 8. The maximum Gasteiger partial charge on any atom is 0.270 e. The second-order valence-electron chi connectivity index (χ2n) is 9.18. The van der Waals surface area contributed by atoms with Crippen LogP contribution < -0.4 is 11.1 Å². The minimum Gasteiger partial charge on any atom is -0.507 e. The number of H-pyrrole nitrogens is 1. The average molecular weight is 517 g/mol. The highest BCUT2D eigenvalue weighted by molar-refractivity contribution is 5.89. The number of nitrogen functional groups attached to an aromatic ring is 1. The van der Waals surface area contributed by atoms with E-state index in [0.717, 1.165) is 25.2 Å². The zero-order valence-electron chi connectivity index (χ0n) is 20.6. The Kier molecular flexibility index (Phi) is 7.20. The molecule has 11 heteroatoms. The van der Waals surface area contributed by atoms with E-state index in [1.54, 1.807) is 42.5 Å². The van der Waals surface area contributed by atoms with Crippen molar-refractivity contribution < 1.29 is 19.6 Å². The summed E-state index contributed by atoms with van der Waals surface area (Å²) in [7, 11) is 0. The molecule has 1 amide bonds. The Labute approximate surface area is 218 Å². The molecule has 0 saturated carbocycles. The van der Waals surface area contributed by atoms with Crippen LogP contribution >= 0.6 is 0 Å². The molecule has 1 aliphatic rings. The Morgan fingerprint density at radius 3 is 2.74 bits per heavy atom. The number of fused-ring (bicyclic) bond motifs is 1. The van der Waals surface area contributed by atoms with Gasteiger partial charge in [-0.2, -0.15) is 0 Å². The second kappa shape index (κ2) is 10.9. The third kappa shape index (κ3) is 5.58. The van der Waals surface area contributed by atoms with Gasteiger partial charge in [-0.05, 0) is 41.5 Å². The zero-order valence-corrected chi connectivity index (χ0v) is 20.6. The molecule has 4 aromatic rings. The first-order chi connectivity index (χ1) is 18.4. The number of anilines is 1. The number of nitrogens with zero attached hydrogens (tertiary/aromatic N) is 3. The minimum absolute atomic E-state index is 0.0681. The predicted octanol–water partition coefficient (Wildman–Crippen LogP) is 3.08. The summed E-state index contributed by atoms with van der Waals surface area (Å²) in [5, 5.41) is 25.6. The summed E-state index contributed by atoms with van der Waals surface area (Å²) >= 11 is 0. The fraction of sp³-hybridized carbons (Fsp3) is 0.259. The van der Waals surface area contributed by atoms with Crippen LogP contribution in [0.2, 0.25) is 0 Å². The molecule has 0 spiro atoms. The van der Waals surface area contributed by atoms with Crippen LogP contribution in [0.4, 0.5) is 11.5 Å². The summed E-state index contributed by atoms with van der Waals surface area (Å²) in [5.74, 6) is 0.138. The molecule has 2 aromatic carbocycles. The number of benzene rings is 2. The van der Waals surface area contributed by atoms with E-state index in [4.69, 9.17) is 10.5 Å². The molecule has 196 valence electrons. The lowest BCUT2D eigenvalue weighted by Crippen LogP contribution is -2.41. The normalized spacial score (nSPS) is 14.0. The number of nitro groups is 1. The number of nitro benzene ring substituents is 1. The van der Waals surface area contributed by atoms with E-state index >= 15 is 0 Å². The van der Waals surface area contributed by atoms with Crippen LogP contribution in [0.25, 0.3) is 33.4 Å². The number of pyridine rings is 1. The molecule has 0 unspecified atom stereocenters. The second-order valence-corrected chi connectivity index (χ2v) is 9.18. The molecular formula is C27H28N6O5. The van der Waals surface area contributed by atoms with Crippen molar-refractivity contribution in [3.8, 4) is 28.1 Å². The number of aromatic hydroxyl groups is 1. The molecule has 0 atom stereocenters. The number of hydrogen-bond acceptors (Lipinski definition) is 8. The fourth-order valence-corrected chi connectivity index (χ4v) is 4.60. The highest BCUT2D eigenvalue weighted by Gasteiger charge is 2.19. The summed E-state index contributed by atoms with van der Waals surface area (Å²) in [6, 6.07) is 14.7. The Balaban J connectivity index is 1.47. The summed E-state index contributed by atoms with van der Waals surface area (Å²) in [4.78, 5) is 33.5. The van der Waals surface area contributed by atoms with Gasteiger partial charge in [-0.1, -0.05) is 12.1 Å². The Bertz CT molecular complexity index is 1490. The molecule has 0 aliphatic carbocycles. The van der Waals surface area contributed by atoms with E-state index in [9.17, 15) is 20.0 Å². The lowest BCUT2D eigenvalue weighted by atomic mass is 9.95. The molecular weight excluding hydrogens is 488 g/mol. The van der Waals surface area contributed by atoms with Gasteiger partial charge in [-0.3, -0.25) is 19.8 Å². The highest BCUT2D eigenvalue weighted by atomic mass is 16.6. The SMILES string of the molecule is Nc1ccc2[nH]c(-c3cc(CC(=O)NCCN4CCOCC4)cc(-c4cccc([N+](=O)[O-])c4)c3O)cc2n1. The molecule has 1 fully saturated rings. The van der Waals surface area contributed by atoms with Gasteiger partial charge in [0.1, 0.15) is 11.6 Å². The fourth-order valence-electron chi connectivity index (χ4n) is 4.60. The molecule has 1 aliphatic heterocycles. The van der Waals surface area contributed by atoms with E-state index in [-0.39, 0.29) is 23.8 Å².